The molecule has 1 saturated heterocycles. The lowest BCUT2D eigenvalue weighted by atomic mass is 10.2. The minimum atomic E-state index is 0. The minimum Gasteiger partial charge on any atom is -0.341 e. The van der Waals surface area contributed by atoms with Crippen LogP contribution in [0.15, 0.2) is 16.8 Å². The molecule has 0 spiro atoms. The van der Waals surface area contributed by atoms with Gasteiger partial charge < -0.3 is 10.6 Å². The Balaban J connectivity index is 0.00000128. The molecule has 1 amide bonds. The van der Waals surface area contributed by atoms with Crippen LogP contribution in [0.5, 0.6) is 0 Å². The van der Waals surface area contributed by atoms with Gasteiger partial charge in [-0.3, -0.25) is 4.79 Å². The van der Waals surface area contributed by atoms with Crippen LogP contribution in [0.3, 0.4) is 0 Å². The van der Waals surface area contributed by atoms with Crippen molar-refractivity contribution in [2.75, 3.05) is 13.1 Å². The number of hydrogen-bond acceptors (Lipinski definition) is 3. The molecular formula is C11H17ClN2OS. The van der Waals surface area contributed by atoms with Gasteiger partial charge in [0.05, 0.1) is 0 Å². The number of rotatable bonds is 3. The third kappa shape index (κ3) is 3.47. The van der Waals surface area contributed by atoms with Gasteiger partial charge in [0.1, 0.15) is 0 Å². The molecule has 1 fully saturated rings. The second-order valence-electron chi connectivity index (χ2n) is 4.02. The molecule has 16 heavy (non-hydrogen) atoms. The summed E-state index contributed by atoms with van der Waals surface area (Å²) in [6, 6.07) is 2.27. The predicted octanol–water partition coefficient (Wildman–Crippen LogP) is 1.66. The molecule has 5 heteroatoms. The van der Waals surface area contributed by atoms with Crippen LogP contribution < -0.4 is 5.73 Å². The van der Waals surface area contributed by atoms with E-state index >= 15 is 0 Å². The Kier molecular flexibility index (Phi) is 5.25. The summed E-state index contributed by atoms with van der Waals surface area (Å²) < 4.78 is 0. The van der Waals surface area contributed by atoms with Gasteiger partial charge in [0.25, 0.3) is 0 Å². The monoisotopic (exact) mass is 260 g/mol. The lowest BCUT2D eigenvalue weighted by Crippen LogP contribution is -2.31. The first-order valence-electron chi connectivity index (χ1n) is 5.30. The molecule has 1 atom stereocenters. The van der Waals surface area contributed by atoms with Gasteiger partial charge in [0, 0.05) is 25.6 Å². The Morgan fingerprint density at radius 1 is 1.62 bits per heavy atom. The summed E-state index contributed by atoms with van der Waals surface area (Å²) in [4.78, 5) is 13.6. The van der Waals surface area contributed by atoms with Crippen molar-refractivity contribution in [1.29, 1.82) is 0 Å². The van der Waals surface area contributed by atoms with Crippen molar-refractivity contribution in [2.45, 2.75) is 25.3 Å². The van der Waals surface area contributed by atoms with Crippen molar-refractivity contribution in [3.63, 3.8) is 0 Å². The maximum absolute atomic E-state index is 11.8. The normalized spacial score (nSPS) is 19.6. The summed E-state index contributed by atoms with van der Waals surface area (Å²) in [5, 5.41) is 4.15. The van der Waals surface area contributed by atoms with Crippen molar-refractivity contribution in [3.05, 3.63) is 22.4 Å². The first-order chi connectivity index (χ1) is 7.25. The van der Waals surface area contributed by atoms with Crippen LogP contribution in [-0.2, 0) is 11.2 Å². The smallest absolute Gasteiger partial charge is 0.222 e. The summed E-state index contributed by atoms with van der Waals surface area (Å²) in [7, 11) is 0. The van der Waals surface area contributed by atoms with E-state index in [0.29, 0.717) is 6.42 Å². The lowest BCUT2D eigenvalue weighted by molar-refractivity contribution is -0.130. The summed E-state index contributed by atoms with van der Waals surface area (Å²) in [5.41, 5.74) is 7.02. The minimum absolute atomic E-state index is 0. The first kappa shape index (κ1) is 13.5. The van der Waals surface area contributed by atoms with E-state index in [-0.39, 0.29) is 24.4 Å². The zero-order valence-electron chi connectivity index (χ0n) is 9.09. The van der Waals surface area contributed by atoms with E-state index < -0.39 is 0 Å². The largest absolute Gasteiger partial charge is 0.341 e. The predicted molar refractivity (Wildman–Crippen MR) is 69.1 cm³/mol. The van der Waals surface area contributed by atoms with Crippen molar-refractivity contribution < 1.29 is 4.79 Å². The Hall–Kier alpha value is -0.580. The topological polar surface area (TPSA) is 46.3 Å². The van der Waals surface area contributed by atoms with Crippen LogP contribution in [0.4, 0.5) is 0 Å². The highest BCUT2D eigenvalue weighted by Gasteiger charge is 2.22. The highest BCUT2D eigenvalue weighted by molar-refractivity contribution is 7.07. The molecule has 0 saturated carbocycles. The zero-order valence-corrected chi connectivity index (χ0v) is 10.7. The van der Waals surface area contributed by atoms with Crippen molar-refractivity contribution >= 4 is 29.7 Å². The van der Waals surface area contributed by atoms with Crippen molar-refractivity contribution in [3.8, 4) is 0 Å². The molecule has 3 nitrogen and oxygen atoms in total. The molecule has 2 rings (SSSR count). The molecule has 90 valence electrons. The van der Waals surface area contributed by atoms with Crippen LogP contribution in [0, 0.1) is 0 Å². The van der Waals surface area contributed by atoms with E-state index in [4.69, 9.17) is 5.73 Å². The summed E-state index contributed by atoms with van der Waals surface area (Å²) in [6.07, 6.45) is 2.42. The van der Waals surface area contributed by atoms with E-state index in [1.807, 2.05) is 10.3 Å². The molecule has 0 bridgehead atoms. The third-order valence-electron chi connectivity index (χ3n) is 2.79. The Morgan fingerprint density at radius 3 is 3.00 bits per heavy atom. The van der Waals surface area contributed by atoms with E-state index in [9.17, 15) is 4.79 Å². The average Bonchev–Trinajstić information content (AvgIpc) is 2.84. The average molecular weight is 261 g/mol. The fourth-order valence-corrected chi connectivity index (χ4v) is 2.56. The Bertz CT molecular complexity index is 329. The van der Waals surface area contributed by atoms with Crippen LogP contribution >= 0.6 is 23.7 Å². The highest BCUT2D eigenvalue weighted by Crippen LogP contribution is 2.12. The van der Waals surface area contributed by atoms with Crippen molar-refractivity contribution in [1.82, 2.24) is 4.90 Å². The van der Waals surface area contributed by atoms with Gasteiger partial charge in [-0.1, -0.05) is 0 Å². The summed E-state index contributed by atoms with van der Waals surface area (Å²) in [5.74, 6) is 0.245. The van der Waals surface area contributed by atoms with E-state index in [2.05, 4.69) is 11.4 Å². The number of nitrogens with two attached hydrogens (primary N) is 1. The maximum Gasteiger partial charge on any atom is 0.222 e. The van der Waals surface area contributed by atoms with Gasteiger partial charge >= 0.3 is 0 Å². The molecule has 0 aromatic carbocycles. The van der Waals surface area contributed by atoms with Gasteiger partial charge in [0.15, 0.2) is 0 Å². The second-order valence-corrected chi connectivity index (χ2v) is 4.80. The van der Waals surface area contributed by atoms with Crippen molar-refractivity contribution in [2.24, 2.45) is 5.73 Å². The Labute approximate surface area is 106 Å². The number of nitrogens with zero attached hydrogens (tertiary/aromatic N) is 1. The number of carbonyl (C=O) groups excluding carboxylic acids is 1. The summed E-state index contributed by atoms with van der Waals surface area (Å²) in [6.45, 7) is 1.58. The molecule has 0 aliphatic carbocycles. The van der Waals surface area contributed by atoms with Crippen LogP contribution in [0.2, 0.25) is 0 Å². The first-order valence-corrected chi connectivity index (χ1v) is 6.24. The number of hydrogen-bond donors (Lipinski definition) is 1. The molecular weight excluding hydrogens is 244 g/mol. The molecule has 2 N–H and O–H groups in total. The van der Waals surface area contributed by atoms with E-state index in [1.54, 1.807) is 11.3 Å². The van der Waals surface area contributed by atoms with Crippen LogP contribution in [0.25, 0.3) is 0 Å². The van der Waals surface area contributed by atoms with Crippen LogP contribution in [0.1, 0.15) is 18.4 Å². The van der Waals surface area contributed by atoms with E-state index in [0.717, 1.165) is 25.9 Å². The fourth-order valence-electron chi connectivity index (χ4n) is 1.86. The fraction of sp³-hybridized carbons (Fsp3) is 0.545. The Morgan fingerprint density at radius 2 is 2.44 bits per heavy atom. The molecule has 2 heterocycles. The van der Waals surface area contributed by atoms with E-state index in [1.165, 1.54) is 5.56 Å². The van der Waals surface area contributed by atoms with Gasteiger partial charge in [0.2, 0.25) is 5.91 Å². The number of carbonyl (C=O) groups is 1. The number of halogens is 1. The lowest BCUT2D eigenvalue weighted by Gasteiger charge is -2.15. The standard InChI is InChI=1S/C11H16N2OS.ClH/c12-10-3-5-13(7-10)11(14)2-1-9-4-6-15-8-9;/h4,6,8,10H,1-3,5,7,12H2;1H. The molecule has 1 aromatic rings. The number of amides is 1. The van der Waals surface area contributed by atoms with Crippen LogP contribution in [-0.4, -0.2) is 29.9 Å². The van der Waals surface area contributed by atoms with Gasteiger partial charge in [-0.15, -0.1) is 12.4 Å². The van der Waals surface area contributed by atoms with Gasteiger partial charge in [-0.2, -0.15) is 11.3 Å². The SMILES string of the molecule is Cl.NC1CCN(C(=O)CCc2ccsc2)C1. The summed E-state index contributed by atoms with van der Waals surface area (Å²) >= 11 is 1.68. The third-order valence-corrected chi connectivity index (χ3v) is 3.52. The van der Waals surface area contributed by atoms with Gasteiger partial charge in [-0.25, -0.2) is 0 Å². The molecule has 1 aliphatic heterocycles. The molecule has 1 unspecified atom stereocenters. The molecule has 1 aliphatic rings. The van der Waals surface area contributed by atoms with Gasteiger partial charge in [-0.05, 0) is 35.2 Å². The molecule has 1 aromatic heterocycles. The zero-order chi connectivity index (χ0) is 10.7. The molecule has 0 radical (unpaired) electrons. The number of aryl methyl sites for hydroxylation is 1. The highest BCUT2D eigenvalue weighted by atomic mass is 35.5. The number of thiophene rings is 1. The number of likely N-dealkylation sites (tertiary alicyclic amines) is 1. The quantitative estimate of drug-likeness (QED) is 0.899. The maximum atomic E-state index is 11.8. The second kappa shape index (κ2) is 6.23.